The SMILES string of the molecule is CCC(C)CC(C)Nc1nc(C)cc(C)n1. The Balaban J connectivity index is 2.58. The highest BCUT2D eigenvalue weighted by Gasteiger charge is 2.08. The second kappa shape index (κ2) is 5.83. The van der Waals surface area contributed by atoms with Gasteiger partial charge >= 0.3 is 0 Å². The molecular weight excluding hydrogens is 198 g/mol. The first kappa shape index (κ1) is 12.9. The van der Waals surface area contributed by atoms with Crippen LogP contribution in [0, 0.1) is 19.8 Å². The molecule has 0 saturated carbocycles. The molecule has 0 aliphatic rings. The molecule has 0 amide bonds. The largest absolute Gasteiger partial charge is 0.352 e. The van der Waals surface area contributed by atoms with E-state index in [1.54, 1.807) is 0 Å². The molecule has 1 aromatic rings. The van der Waals surface area contributed by atoms with Crippen LogP contribution < -0.4 is 5.32 Å². The van der Waals surface area contributed by atoms with Gasteiger partial charge in [-0.1, -0.05) is 20.3 Å². The monoisotopic (exact) mass is 221 g/mol. The molecule has 0 fully saturated rings. The summed E-state index contributed by atoms with van der Waals surface area (Å²) in [6, 6.07) is 2.42. The first-order valence-corrected chi connectivity index (χ1v) is 6.10. The Labute approximate surface area is 98.7 Å². The zero-order chi connectivity index (χ0) is 12.1. The van der Waals surface area contributed by atoms with Crippen LogP contribution in [0.3, 0.4) is 0 Å². The van der Waals surface area contributed by atoms with Crippen LogP contribution in [0.4, 0.5) is 5.95 Å². The number of hydrogen-bond acceptors (Lipinski definition) is 3. The molecule has 0 aliphatic carbocycles. The van der Waals surface area contributed by atoms with Gasteiger partial charge in [0.25, 0.3) is 0 Å². The van der Waals surface area contributed by atoms with Crippen LogP contribution >= 0.6 is 0 Å². The number of nitrogens with one attached hydrogen (secondary N) is 1. The minimum atomic E-state index is 0.427. The Morgan fingerprint density at radius 1 is 1.19 bits per heavy atom. The van der Waals surface area contributed by atoms with E-state index in [1.165, 1.54) is 6.42 Å². The molecular formula is C13H23N3. The molecule has 1 aromatic heterocycles. The Bertz CT molecular complexity index is 316. The van der Waals surface area contributed by atoms with Crippen molar-refractivity contribution in [3.8, 4) is 0 Å². The molecule has 0 saturated heterocycles. The van der Waals surface area contributed by atoms with Gasteiger partial charge in [0.05, 0.1) is 0 Å². The van der Waals surface area contributed by atoms with Gasteiger partial charge in [-0.2, -0.15) is 0 Å². The normalized spacial score (nSPS) is 14.6. The van der Waals surface area contributed by atoms with E-state index in [1.807, 2.05) is 19.9 Å². The van der Waals surface area contributed by atoms with Crippen molar-refractivity contribution in [2.75, 3.05) is 5.32 Å². The highest BCUT2D eigenvalue weighted by Crippen LogP contribution is 2.13. The molecule has 0 aromatic carbocycles. The van der Waals surface area contributed by atoms with E-state index in [2.05, 4.69) is 36.1 Å². The number of aryl methyl sites for hydroxylation is 2. The van der Waals surface area contributed by atoms with Crippen molar-refractivity contribution in [1.29, 1.82) is 0 Å². The van der Waals surface area contributed by atoms with Gasteiger partial charge in [-0.15, -0.1) is 0 Å². The topological polar surface area (TPSA) is 37.8 Å². The van der Waals surface area contributed by atoms with Gasteiger partial charge in [-0.25, -0.2) is 9.97 Å². The van der Waals surface area contributed by atoms with Crippen LogP contribution in [-0.4, -0.2) is 16.0 Å². The highest BCUT2D eigenvalue weighted by atomic mass is 15.1. The van der Waals surface area contributed by atoms with Gasteiger partial charge in [0.1, 0.15) is 0 Å². The third-order valence-electron chi connectivity index (χ3n) is 2.81. The van der Waals surface area contributed by atoms with Crippen molar-refractivity contribution >= 4 is 5.95 Å². The molecule has 2 unspecified atom stereocenters. The van der Waals surface area contributed by atoms with Crippen LogP contribution in [0.2, 0.25) is 0 Å². The zero-order valence-corrected chi connectivity index (χ0v) is 11.0. The Kier molecular flexibility index (Phi) is 4.71. The quantitative estimate of drug-likeness (QED) is 0.828. The summed E-state index contributed by atoms with van der Waals surface area (Å²) in [6.07, 6.45) is 2.38. The van der Waals surface area contributed by atoms with E-state index in [0.29, 0.717) is 6.04 Å². The van der Waals surface area contributed by atoms with Crippen molar-refractivity contribution in [2.45, 2.75) is 53.5 Å². The van der Waals surface area contributed by atoms with Crippen LogP contribution in [0.5, 0.6) is 0 Å². The third kappa shape index (κ3) is 4.17. The standard InChI is InChI=1S/C13H23N3/c1-6-9(2)7-10(3)14-13-15-11(4)8-12(5)16-13/h8-10H,6-7H2,1-5H3,(H,14,15,16). The lowest BCUT2D eigenvalue weighted by atomic mass is 10.0. The zero-order valence-electron chi connectivity index (χ0n) is 11.0. The molecule has 16 heavy (non-hydrogen) atoms. The maximum Gasteiger partial charge on any atom is 0.223 e. The first-order chi connectivity index (χ1) is 7.51. The smallest absolute Gasteiger partial charge is 0.223 e. The average Bonchev–Trinajstić information content (AvgIpc) is 2.15. The molecule has 90 valence electrons. The predicted molar refractivity (Wildman–Crippen MR) is 68.7 cm³/mol. The lowest BCUT2D eigenvalue weighted by Crippen LogP contribution is -2.20. The predicted octanol–water partition coefficient (Wildman–Crippen LogP) is 3.33. The molecule has 1 heterocycles. The number of aromatic nitrogens is 2. The number of hydrogen-bond donors (Lipinski definition) is 1. The van der Waals surface area contributed by atoms with Gasteiger partial charge in [-0.3, -0.25) is 0 Å². The van der Waals surface area contributed by atoms with Crippen LogP contribution in [0.1, 0.15) is 45.0 Å². The van der Waals surface area contributed by atoms with Gasteiger partial charge in [-0.05, 0) is 39.2 Å². The van der Waals surface area contributed by atoms with Crippen LogP contribution in [0.15, 0.2) is 6.07 Å². The van der Waals surface area contributed by atoms with Crippen molar-refractivity contribution in [3.05, 3.63) is 17.5 Å². The number of rotatable bonds is 5. The summed E-state index contributed by atoms with van der Waals surface area (Å²) < 4.78 is 0. The molecule has 0 spiro atoms. The second-order valence-electron chi connectivity index (χ2n) is 4.77. The number of anilines is 1. The van der Waals surface area contributed by atoms with Gasteiger partial charge in [0.15, 0.2) is 0 Å². The Morgan fingerprint density at radius 2 is 1.75 bits per heavy atom. The lowest BCUT2D eigenvalue weighted by Gasteiger charge is -2.17. The van der Waals surface area contributed by atoms with E-state index < -0.39 is 0 Å². The van der Waals surface area contributed by atoms with Crippen LogP contribution in [0.25, 0.3) is 0 Å². The van der Waals surface area contributed by atoms with Crippen molar-refractivity contribution in [3.63, 3.8) is 0 Å². The fraction of sp³-hybridized carbons (Fsp3) is 0.692. The number of nitrogens with zero attached hydrogens (tertiary/aromatic N) is 2. The highest BCUT2D eigenvalue weighted by molar-refractivity contribution is 5.28. The first-order valence-electron chi connectivity index (χ1n) is 6.10. The second-order valence-corrected chi connectivity index (χ2v) is 4.77. The molecule has 3 nitrogen and oxygen atoms in total. The summed E-state index contributed by atoms with van der Waals surface area (Å²) in [4.78, 5) is 8.77. The maximum absolute atomic E-state index is 4.38. The summed E-state index contributed by atoms with van der Waals surface area (Å²) in [7, 11) is 0. The van der Waals surface area contributed by atoms with Crippen LogP contribution in [-0.2, 0) is 0 Å². The molecule has 0 bridgehead atoms. The molecule has 3 heteroatoms. The van der Waals surface area contributed by atoms with E-state index in [9.17, 15) is 0 Å². The molecule has 1 rings (SSSR count). The summed E-state index contributed by atoms with van der Waals surface area (Å²) in [5.41, 5.74) is 2.04. The third-order valence-corrected chi connectivity index (χ3v) is 2.81. The summed E-state index contributed by atoms with van der Waals surface area (Å²) in [5.74, 6) is 1.50. The fourth-order valence-electron chi connectivity index (χ4n) is 1.84. The van der Waals surface area contributed by atoms with Crippen molar-refractivity contribution in [1.82, 2.24) is 9.97 Å². The Hall–Kier alpha value is -1.12. The minimum absolute atomic E-state index is 0.427. The van der Waals surface area contributed by atoms with Gasteiger partial charge < -0.3 is 5.32 Å². The Morgan fingerprint density at radius 3 is 2.25 bits per heavy atom. The van der Waals surface area contributed by atoms with Gasteiger partial charge in [0, 0.05) is 17.4 Å². The van der Waals surface area contributed by atoms with Gasteiger partial charge in [0.2, 0.25) is 5.95 Å². The van der Waals surface area contributed by atoms with E-state index in [0.717, 1.165) is 29.7 Å². The maximum atomic E-state index is 4.38. The molecule has 0 aliphatic heterocycles. The van der Waals surface area contributed by atoms with E-state index in [4.69, 9.17) is 0 Å². The summed E-state index contributed by atoms with van der Waals surface area (Å²) >= 11 is 0. The fourth-order valence-corrected chi connectivity index (χ4v) is 1.84. The lowest BCUT2D eigenvalue weighted by molar-refractivity contribution is 0.482. The van der Waals surface area contributed by atoms with E-state index >= 15 is 0 Å². The molecule has 2 atom stereocenters. The van der Waals surface area contributed by atoms with Crippen molar-refractivity contribution in [2.24, 2.45) is 5.92 Å². The van der Waals surface area contributed by atoms with E-state index in [-0.39, 0.29) is 0 Å². The average molecular weight is 221 g/mol. The molecule has 1 N–H and O–H groups in total. The van der Waals surface area contributed by atoms with Crippen molar-refractivity contribution < 1.29 is 0 Å². The molecule has 0 radical (unpaired) electrons. The minimum Gasteiger partial charge on any atom is -0.352 e. The summed E-state index contributed by atoms with van der Waals surface area (Å²) in [6.45, 7) is 10.7. The summed E-state index contributed by atoms with van der Waals surface area (Å²) in [5, 5.41) is 3.37.